The van der Waals surface area contributed by atoms with Gasteiger partial charge in [-0.15, -0.1) is 0 Å². The lowest BCUT2D eigenvalue weighted by atomic mass is 9.80. The number of rotatable bonds is 6. The third kappa shape index (κ3) is 6.47. The first-order valence-corrected chi connectivity index (χ1v) is 5.02. The van der Waals surface area contributed by atoms with Crippen molar-refractivity contribution in [2.24, 2.45) is 16.4 Å². The van der Waals surface area contributed by atoms with Crippen LogP contribution in [0.15, 0.2) is 5.11 Å². The van der Waals surface area contributed by atoms with E-state index in [1.807, 2.05) is 0 Å². The molecule has 0 radical (unpaired) electrons. The van der Waals surface area contributed by atoms with Gasteiger partial charge in [0.2, 0.25) is 0 Å². The van der Waals surface area contributed by atoms with Crippen LogP contribution in [0, 0.1) is 11.3 Å². The Hall–Kier alpha value is -0.690. The van der Waals surface area contributed by atoms with Gasteiger partial charge in [0, 0.05) is 11.5 Å². The third-order valence-electron chi connectivity index (χ3n) is 2.28. The molecule has 0 aliphatic heterocycles. The van der Waals surface area contributed by atoms with Crippen molar-refractivity contribution in [1.29, 1.82) is 0 Å². The minimum atomic E-state index is 0.388. The molecule has 0 rings (SSSR count). The molecule has 3 heteroatoms. The van der Waals surface area contributed by atoms with E-state index >= 15 is 0 Å². The SMILES string of the molecule is CCCC(C)(C)CC(C)CN=[N+]=[N-]. The molecule has 13 heavy (non-hydrogen) atoms. The van der Waals surface area contributed by atoms with E-state index < -0.39 is 0 Å². The molecule has 0 aromatic heterocycles. The van der Waals surface area contributed by atoms with E-state index in [0.717, 1.165) is 6.42 Å². The highest BCUT2D eigenvalue weighted by atomic mass is 15.1. The van der Waals surface area contributed by atoms with Crippen molar-refractivity contribution in [2.45, 2.75) is 47.0 Å². The van der Waals surface area contributed by atoms with E-state index in [4.69, 9.17) is 5.53 Å². The summed E-state index contributed by atoms with van der Waals surface area (Å²) in [5, 5.41) is 3.60. The second-order valence-electron chi connectivity index (χ2n) is 4.64. The van der Waals surface area contributed by atoms with Gasteiger partial charge in [-0.05, 0) is 29.7 Å². The molecule has 0 amide bonds. The van der Waals surface area contributed by atoms with Crippen LogP contribution in [0.1, 0.15) is 47.0 Å². The average Bonchev–Trinajstić information content (AvgIpc) is 1.99. The topological polar surface area (TPSA) is 48.8 Å². The molecule has 0 aliphatic rings. The Balaban J connectivity index is 3.87. The fourth-order valence-electron chi connectivity index (χ4n) is 1.96. The zero-order chi connectivity index (χ0) is 10.3. The van der Waals surface area contributed by atoms with Gasteiger partial charge in [-0.1, -0.05) is 39.2 Å². The summed E-state index contributed by atoms with van der Waals surface area (Å²) in [5.74, 6) is 0.498. The van der Waals surface area contributed by atoms with Crippen LogP contribution in [0.2, 0.25) is 0 Å². The van der Waals surface area contributed by atoms with Gasteiger partial charge in [-0.25, -0.2) is 0 Å². The second kappa shape index (κ2) is 5.87. The molecular formula is C10H21N3. The lowest BCUT2D eigenvalue weighted by Crippen LogP contribution is -2.16. The van der Waals surface area contributed by atoms with E-state index in [2.05, 4.69) is 37.7 Å². The average molecular weight is 183 g/mol. The predicted molar refractivity (Wildman–Crippen MR) is 56.5 cm³/mol. The van der Waals surface area contributed by atoms with Crippen LogP contribution in [-0.4, -0.2) is 6.54 Å². The molecule has 0 bridgehead atoms. The van der Waals surface area contributed by atoms with Crippen molar-refractivity contribution in [3.63, 3.8) is 0 Å². The quantitative estimate of drug-likeness (QED) is 0.337. The third-order valence-corrected chi connectivity index (χ3v) is 2.28. The summed E-state index contributed by atoms with van der Waals surface area (Å²) in [4.78, 5) is 2.78. The molecule has 0 aromatic rings. The van der Waals surface area contributed by atoms with E-state index in [1.165, 1.54) is 12.8 Å². The van der Waals surface area contributed by atoms with Gasteiger partial charge in [-0.3, -0.25) is 0 Å². The Morgan fingerprint density at radius 2 is 2.08 bits per heavy atom. The number of azide groups is 1. The van der Waals surface area contributed by atoms with Crippen molar-refractivity contribution in [1.82, 2.24) is 0 Å². The monoisotopic (exact) mass is 183 g/mol. The number of hydrogen-bond donors (Lipinski definition) is 0. The van der Waals surface area contributed by atoms with Crippen molar-refractivity contribution in [3.05, 3.63) is 10.4 Å². The van der Waals surface area contributed by atoms with Gasteiger partial charge in [-0.2, -0.15) is 0 Å². The van der Waals surface area contributed by atoms with E-state index in [-0.39, 0.29) is 0 Å². The van der Waals surface area contributed by atoms with Crippen molar-refractivity contribution in [3.8, 4) is 0 Å². The minimum absolute atomic E-state index is 0.388. The lowest BCUT2D eigenvalue weighted by molar-refractivity contribution is 0.257. The molecular weight excluding hydrogens is 162 g/mol. The molecule has 0 spiro atoms. The molecule has 1 atom stereocenters. The smallest absolute Gasteiger partial charge is 0.0283 e. The van der Waals surface area contributed by atoms with Crippen molar-refractivity contribution < 1.29 is 0 Å². The Morgan fingerprint density at radius 3 is 2.54 bits per heavy atom. The van der Waals surface area contributed by atoms with Gasteiger partial charge in [0.25, 0.3) is 0 Å². The highest BCUT2D eigenvalue weighted by molar-refractivity contribution is 4.72. The number of nitrogens with zero attached hydrogens (tertiary/aromatic N) is 3. The largest absolute Gasteiger partial charge is 0.0937 e. The fraction of sp³-hybridized carbons (Fsp3) is 1.00. The normalized spacial score (nSPS) is 13.5. The van der Waals surface area contributed by atoms with Crippen molar-refractivity contribution >= 4 is 0 Å². The molecule has 0 fully saturated rings. The zero-order valence-electron chi connectivity index (χ0n) is 9.25. The summed E-state index contributed by atoms with van der Waals surface area (Å²) in [6.07, 6.45) is 3.61. The molecule has 0 saturated carbocycles. The number of hydrogen-bond acceptors (Lipinski definition) is 1. The second-order valence-corrected chi connectivity index (χ2v) is 4.64. The van der Waals surface area contributed by atoms with Crippen LogP contribution in [0.5, 0.6) is 0 Å². The first-order chi connectivity index (χ1) is 6.02. The summed E-state index contributed by atoms with van der Waals surface area (Å²) < 4.78 is 0. The van der Waals surface area contributed by atoms with Gasteiger partial charge < -0.3 is 0 Å². The van der Waals surface area contributed by atoms with Crippen LogP contribution in [0.3, 0.4) is 0 Å². The Labute approximate surface area is 81.2 Å². The maximum Gasteiger partial charge on any atom is 0.0283 e. The molecule has 0 aromatic carbocycles. The minimum Gasteiger partial charge on any atom is -0.0937 e. The molecule has 3 nitrogen and oxygen atoms in total. The molecule has 1 unspecified atom stereocenters. The summed E-state index contributed by atoms with van der Waals surface area (Å²) >= 11 is 0. The van der Waals surface area contributed by atoms with Crippen molar-refractivity contribution in [2.75, 3.05) is 6.54 Å². The maximum absolute atomic E-state index is 8.18. The van der Waals surface area contributed by atoms with Gasteiger partial charge in [0.1, 0.15) is 0 Å². The van der Waals surface area contributed by atoms with E-state index in [1.54, 1.807) is 0 Å². The predicted octanol–water partition coefficient (Wildman–Crippen LogP) is 4.15. The Bertz CT molecular complexity index is 181. The maximum atomic E-state index is 8.18. The zero-order valence-corrected chi connectivity index (χ0v) is 9.25. The van der Waals surface area contributed by atoms with Gasteiger partial charge >= 0.3 is 0 Å². The van der Waals surface area contributed by atoms with Crippen LogP contribution >= 0.6 is 0 Å². The highest BCUT2D eigenvalue weighted by Crippen LogP contribution is 2.30. The first kappa shape index (κ1) is 12.3. The van der Waals surface area contributed by atoms with Crippen LogP contribution in [-0.2, 0) is 0 Å². The summed E-state index contributed by atoms with van der Waals surface area (Å²) in [5.41, 5.74) is 8.56. The summed E-state index contributed by atoms with van der Waals surface area (Å²) in [6.45, 7) is 9.54. The lowest BCUT2D eigenvalue weighted by Gasteiger charge is -2.26. The fourth-order valence-corrected chi connectivity index (χ4v) is 1.96. The molecule has 0 aliphatic carbocycles. The Kier molecular flexibility index (Phi) is 5.56. The summed E-state index contributed by atoms with van der Waals surface area (Å²) in [7, 11) is 0. The van der Waals surface area contributed by atoms with Crippen LogP contribution in [0.4, 0.5) is 0 Å². The highest BCUT2D eigenvalue weighted by Gasteiger charge is 2.19. The molecule has 0 saturated heterocycles. The molecule has 76 valence electrons. The standard InChI is InChI=1S/C10H21N3/c1-5-6-10(3,4)7-9(2)8-12-13-11/h9H,5-8H2,1-4H3. The summed E-state index contributed by atoms with van der Waals surface area (Å²) in [6, 6.07) is 0. The molecule has 0 N–H and O–H groups in total. The van der Waals surface area contributed by atoms with Crippen LogP contribution < -0.4 is 0 Å². The Morgan fingerprint density at radius 1 is 1.46 bits per heavy atom. The van der Waals surface area contributed by atoms with E-state index in [0.29, 0.717) is 17.9 Å². The van der Waals surface area contributed by atoms with E-state index in [9.17, 15) is 0 Å². The first-order valence-electron chi connectivity index (χ1n) is 5.02. The van der Waals surface area contributed by atoms with Gasteiger partial charge in [0.15, 0.2) is 0 Å². The van der Waals surface area contributed by atoms with Gasteiger partial charge in [0.05, 0.1) is 0 Å². The molecule has 0 heterocycles. The van der Waals surface area contributed by atoms with Crippen LogP contribution in [0.25, 0.3) is 10.4 Å².